The number of rotatable bonds is 9. The van der Waals surface area contributed by atoms with Gasteiger partial charge in [0.25, 0.3) is 11.5 Å². The second-order valence-electron chi connectivity index (χ2n) is 12.6. The van der Waals surface area contributed by atoms with E-state index in [0.717, 1.165) is 78.8 Å². The van der Waals surface area contributed by atoms with Crippen molar-refractivity contribution in [1.82, 2.24) is 20.2 Å². The monoisotopic (exact) mass is 582 g/mol. The maximum absolute atomic E-state index is 13.6. The molecular weight excluding hydrogens is 540 g/mol. The molecule has 0 bridgehead atoms. The third-order valence-electron chi connectivity index (χ3n) is 9.07. The Morgan fingerprint density at radius 3 is 2.37 bits per heavy atom. The molecule has 2 aliphatic carbocycles. The Morgan fingerprint density at radius 1 is 0.977 bits per heavy atom. The molecule has 3 aliphatic rings. The standard InChI is InChI=1S/C34H42N6O3/c1-20-15-21(2)36-34(43)29(20)18-35-33(42)28-16-26(17-30(22(28)3)38-32(41)25-7-8-25)27-9-10-31(37-23(27)4)40-13-11-39(12-14-40)19-24-5-6-24/h9-10,15-17,24-25H,5-8,11-14,18-19H2,1-4H3,(H,35,42)(H,36,43)(H,38,41). The highest BCUT2D eigenvalue weighted by molar-refractivity contribution is 6.02. The molecule has 3 N–H and O–H groups in total. The van der Waals surface area contributed by atoms with E-state index in [1.54, 1.807) is 0 Å². The highest BCUT2D eigenvalue weighted by atomic mass is 16.2. The van der Waals surface area contributed by atoms with Gasteiger partial charge in [0.05, 0.1) is 0 Å². The van der Waals surface area contributed by atoms with Crippen LogP contribution in [0.5, 0.6) is 0 Å². The maximum Gasteiger partial charge on any atom is 0.253 e. The van der Waals surface area contributed by atoms with Crippen molar-refractivity contribution in [3.63, 3.8) is 0 Å². The summed E-state index contributed by atoms with van der Waals surface area (Å²) in [6, 6.07) is 9.84. The number of hydrogen-bond acceptors (Lipinski definition) is 6. The van der Waals surface area contributed by atoms with E-state index in [1.165, 1.54) is 19.4 Å². The minimum atomic E-state index is -0.299. The third kappa shape index (κ3) is 6.67. The number of anilines is 2. The molecule has 0 radical (unpaired) electrons. The van der Waals surface area contributed by atoms with Crippen molar-refractivity contribution in [2.75, 3.05) is 42.9 Å². The summed E-state index contributed by atoms with van der Waals surface area (Å²) >= 11 is 0. The van der Waals surface area contributed by atoms with Crippen molar-refractivity contribution >= 4 is 23.3 Å². The van der Waals surface area contributed by atoms with Crippen LogP contribution in [0.4, 0.5) is 11.5 Å². The van der Waals surface area contributed by atoms with Gasteiger partial charge in [-0.2, -0.15) is 0 Å². The van der Waals surface area contributed by atoms with E-state index in [-0.39, 0.29) is 29.8 Å². The highest BCUT2D eigenvalue weighted by Gasteiger charge is 2.31. The first-order chi connectivity index (χ1) is 20.7. The Hall–Kier alpha value is -3.98. The minimum Gasteiger partial charge on any atom is -0.354 e. The van der Waals surface area contributed by atoms with Crippen LogP contribution in [0.2, 0.25) is 0 Å². The number of nitrogens with one attached hydrogen (secondary N) is 3. The maximum atomic E-state index is 13.6. The number of hydrogen-bond donors (Lipinski definition) is 3. The first-order valence-electron chi connectivity index (χ1n) is 15.5. The summed E-state index contributed by atoms with van der Waals surface area (Å²) < 4.78 is 0. The summed E-state index contributed by atoms with van der Waals surface area (Å²) in [5, 5.41) is 6.01. The first kappa shape index (κ1) is 29.1. The molecule has 0 atom stereocenters. The molecule has 0 spiro atoms. The molecule has 1 saturated heterocycles. The van der Waals surface area contributed by atoms with Crippen LogP contribution in [0.25, 0.3) is 11.1 Å². The molecule has 1 aromatic carbocycles. The van der Waals surface area contributed by atoms with Crippen LogP contribution in [-0.4, -0.2) is 59.4 Å². The predicted octanol–water partition coefficient (Wildman–Crippen LogP) is 4.48. The van der Waals surface area contributed by atoms with Crippen LogP contribution in [0.15, 0.2) is 35.1 Å². The fraction of sp³-hybridized carbons (Fsp3) is 0.471. The van der Waals surface area contributed by atoms with Gasteiger partial charge in [0.15, 0.2) is 0 Å². The normalized spacial score (nSPS) is 17.2. The van der Waals surface area contributed by atoms with Gasteiger partial charge in [-0.15, -0.1) is 0 Å². The molecule has 3 heterocycles. The van der Waals surface area contributed by atoms with Crippen molar-refractivity contribution in [2.24, 2.45) is 11.8 Å². The van der Waals surface area contributed by atoms with Crippen LogP contribution in [0, 0.1) is 39.5 Å². The zero-order valence-electron chi connectivity index (χ0n) is 25.7. The Morgan fingerprint density at radius 2 is 1.72 bits per heavy atom. The molecule has 0 unspecified atom stereocenters. The van der Waals surface area contributed by atoms with Crippen LogP contribution >= 0.6 is 0 Å². The number of nitrogens with zero attached hydrogens (tertiary/aromatic N) is 3. The molecule has 6 rings (SSSR count). The smallest absolute Gasteiger partial charge is 0.253 e. The van der Waals surface area contributed by atoms with Gasteiger partial charge in [-0.3, -0.25) is 19.3 Å². The average molecular weight is 583 g/mol. The van der Waals surface area contributed by atoms with Crippen molar-refractivity contribution in [1.29, 1.82) is 0 Å². The number of pyridine rings is 2. The Balaban J connectivity index is 1.25. The summed E-state index contributed by atoms with van der Waals surface area (Å²) in [4.78, 5) is 51.6. The van der Waals surface area contributed by atoms with Crippen LogP contribution in [0.1, 0.15) is 64.1 Å². The Bertz CT molecular complexity index is 1610. The molecule has 1 aliphatic heterocycles. The molecule has 226 valence electrons. The van der Waals surface area contributed by atoms with E-state index in [1.807, 2.05) is 45.9 Å². The molecule has 43 heavy (non-hydrogen) atoms. The first-order valence-corrected chi connectivity index (χ1v) is 15.5. The predicted molar refractivity (Wildman–Crippen MR) is 170 cm³/mol. The highest BCUT2D eigenvalue weighted by Crippen LogP contribution is 2.35. The van der Waals surface area contributed by atoms with Gasteiger partial charge in [0, 0.05) is 79.0 Å². The summed E-state index contributed by atoms with van der Waals surface area (Å²) in [5.74, 6) is 1.59. The lowest BCUT2D eigenvalue weighted by atomic mass is 9.96. The lowest BCUT2D eigenvalue weighted by Gasteiger charge is -2.35. The number of piperazine rings is 1. The largest absolute Gasteiger partial charge is 0.354 e. The van der Waals surface area contributed by atoms with Gasteiger partial charge < -0.3 is 20.5 Å². The topological polar surface area (TPSA) is 110 Å². The van der Waals surface area contributed by atoms with E-state index in [4.69, 9.17) is 4.98 Å². The molecular formula is C34H42N6O3. The minimum absolute atomic E-state index is 0.0144. The van der Waals surface area contributed by atoms with Crippen LogP contribution in [0.3, 0.4) is 0 Å². The van der Waals surface area contributed by atoms with Crippen molar-refractivity contribution < 1.29 is 9.59 Å². The molecule has 2 aromatic heterocycles. The molecule has 9 heteroatoms. The lowest BCUT2D eigenvalue weighted by Crippen LogP contribution is -2.47. The molecule has 2 saturated carbocycles. The third-order valence-corrected chi connectivity index (χ3v) is 9.07. The van der Waals surface area contributed by atoms with E-state index in [2.05, 4.69) is 37.6 Å². The number of aryl methyl sites for hydroxylation is 3. The van der Waals surface area contributed by atoms with Gasteiger partial charge in [0.2, 0.25) is 5.91 Å². The van der Waals surface area contributed by atoms with Crippen LogP contribution < -0.4 is 21.1 Å². The zero-order chi connectivity index (χ0) is 30.2. The van der Waals surface area contributed by atoms with Crippen molar-refractivity contribution in [2.45, 2.75) is 59.9 Å². The molecule has 2 amide bonds. The number of carbonyl (C=O) groups excluding carboxylic acids is 2. The fourth-order valence-corrected chi connectivity index (χ4v) is 6.04. The second kappa shape index (κ2) is 12.0. The second-order valence-corrected chi connectivity index (χ2v) is 12.6. The number of carbonyl (C=O) groups is 2. The number of H-pyrrole nitrogens is 1. The summed E-state index contributed by atoms with van der Waals surface area (Å²) in [6.45, 7) is 12.9. The van der Waals surface area contributed by atoms with Gasteiger partial charge in [-0.1, -0.05) is 0 Å². The SMILES string of the molecule is Cc1cc(C)c(CNC(=O)c2cc(-c3ccc(N4CCN(CC5CC5)CC4)nc3C)cc(NC(=O)C3CC3)c2C)c(=O)[nH]1. The van der Waals surface area contributed by atoms with Gasteiger partial charge >= 0.3 is 0 Å². The van der Waals surface area contributed by atoms with Gasteiger partial charge in [-0.05, 0) is 106 Å². The van der Waals surface area contributed by atoms with E-state index >= 15 is 0 Å². The van der Waals surface area contributed by atoms with E-state index in [0.29, 0.717) is 22.4 Å². The summed E-state index contributed by atoms with van der Waals surface area (Å²) in [6.07, 6.45) is 4.54. The zero-order valence-corrected chi connectivity index (χ0v) is 25.7. The number of aromatic amines is 1. The van der Waals surface area contributed by atoms with Crippen LogP contribution in [-0.2, 0) is 11.3 Å². The lowest BCUT2D eigenvalue weighted by molar-refractivity contribution is -0.117. The van der Waals surface area contributed by atoms with Gasteiger partial charge in [0.1, 0.15) is 5.82 Å². The number of amides is 2. The molecule has 9 nitrogen and oxygen atoms in total. The van der Waals surface area contributed by atoms with Crippen molar-refractivity contribution in [3.8, 4) is 11.1 Å². The average Bonchev–Trinajstić information content (AvgIpc) is 3.89. The Kier molecular flexibility index (Phi) is 8.09. The molecule has 3 aromatic rings. The summed E-state index contributed by atoms with van der Waals surface area (Å²) in [7, 11) is 0. The van der Waals surface area contributed by atoms with Gasteiger partial charge in [-0.25, -0.2) is 4.98 Å². The number of benzene rings is 1. The van der Waals surface area contributed by atoms with Crippen molar-refractivity contribution in [3.05, 3.63) is 74.3 Å². The quantitative estimate of drug-likeness (QED) is 0.343. The summed E-state index contributed by atoms with van der Waals surface area (Å²) in [5.41, 5.74) is 6.31. The molecule has 3 fully saturated rings. The van der Waals surface area contributed by atoms with E-state index in [9.17, 15) is 14.4 Å². The Labute approximate surface area is 253 Å². The fourth-order valence-electron chi connectivity index (χ4n) is 6.04. The number of aromatic nitrogens is 2. The van der Waals surface area contributed by atoms with E-state index < -0.39 is 0 Å².